The van der Waals surface area contributed by atoms with Crippen molar-refractivity contribution in [1.82, 2.24) is 15.5 Å². The Morgan fingerprint density at radius 3 is 2.17 bits per heavy atom. The Labute approximate surface area is 205 Å². The van der Waals surface area contributed by atoms with Crippen molar-refractivity contribution in [2.24, 2.45) is 11.8 Å². The van der Waals surface area contributed by atoms with Crippen LogP contribution in [0.5, 0.6) is 0 Å². The number of likely N-dealkylation sites (N-methyl/N-ethyl adjacent to an activating group) is 1. The predicted molar refractivity (Wildman–Crippen MR) is 132 cm³/mol. The monoisotopic (exact) mass is 479 g/mol. The second-order valence-corrected chi connectivity index (χ2v) is 9.83. The minimum absolute atomic E-state index is 0.0295. The van der Waals surface area contributed by atoms with E-state index in [9.17, 15) is 19.5 Å². The molecule has 1 atom stereocenters. The van der Waals surface area contributed by atoms with E-state index in [1.165, 1.54) is 22.3 Å². The number of hydrogen-bond donors (Lipinski definition) is 3. The number of carbonyl (C=O) groups is 3. The van der Waals surface area contributed by atoms with Gasteiger partial charge in [-0.2, -0.15) is 0 Å². The fourth-order valence-corrected chi connectivity index (χ4v) is 5.15. The fraction of sp³-hybridized carbons (Fsp3) is 0.444. The lowest BCUT2D eigenvalue weighted by atomic mass is 9.73. The van der Waals surface area contributed by atoms with Gasteiger partial charge in [0.05, 0.1) is 0 Å². The zero-order chi connectivity index (χ0) is 24.9. The van der Waals surface area contributed by atoms with Crippen molar-refractivity contribution in [1.29, 1.82) is 0 Å². The molecule has 0 heterocycles. The number of hydrogen-bond acceptors (Lipinski definition) is 5. The molecule has 2 amide bonds. The van der Waals surface area contributed by atoms with Crippen LogP contribution in [0.25, 0.3) is 11.1 Å². The Hall–Kier alpha value is -3.39. The number of carbonyl (C=O) groups excluding carboxylic acids is 2. The van der Waals surface area contributed by atoms with E-state index in [0.29, 0.717) is 18.9 Å². The second kappa shape index (κ2) is 10.9. The van der Waals surface area contributed by atoms with E-state index in [0.717, 1.165) is 12.8 Å². The van der Waals surface area contributed by atoms with Crippen LogP contribution in [-0.2, 0) is 14.3 Å². The third kappa shape index (κ3) is 6.00. The molecular formula is C27H33N3O5. The van der Waals surface area contributed by atoms with E-state index in [1.807, 2.05) is 24.3 Å². The van der Waals surface area contributed by atoms with Crippen LogP contribution in [-0.4, -0.2) is 67.8 Å². The highest BCUT2D eigenvalue weighted by Gasteiger charge is 2.33. The van der Waals surface area contributed by atoms with Crippen LogP contribution in [0.1, 0.15) is 36.3 Å². The first-order chi connectivity index (χ1) is 16.8. The summed E-state index contributed by atoms with van der Waals surface area (Å²) in [7, 11) is 3.53. The van der Waals surface area contributed by atoms with E-state index in [2.05, 4.69) is 34.9 Å². The Balaban J connectivity index is 1.17. The van der Waals surface area contributed by atoms with Gasteiger partial charge in [-0.1, -0.05) is 48.5 Å². The summed E-state index contributed by atoms with van der Waals surface area (Å²) in [6.07, 6.45) is 1.52. The number of carboxylic acid groups (broad SMARTS) is 1. The fourth-order valence-electron chi connectivity index (χ4n) is 5.15. The van der Waals surface area contributed by atoms with Crippen molar-refractivity contribution in [3.63, 3.8) is 0 Å². The molecule has 3 N–H and O–H groups in total. The van der Waals surface area contributed by atoms with Crippen molar-refractivity contribution >= 4 is 18.0 Å². The Morgan fingerprint density at radius 2 is 1.60 bits per heavy atom. The number of benzene rings is 2. The highest BCUT2D eigenvalue weighted by atomic mass is 16.5. The molecule has 0 radical (unpaired) electrons. The van der Waals surface area contributed by atoms with E-state index in [-0.39, 0.29) is 30.9 Å². The van der Waals surface area contributed by atoms with Crippen LogP contribution in [0, 0.1) is 11.8 Å². The van der Waals surface area contributed by atoms with Crippen LogP contribution < -0.4 is 10.6 Å². The van der Waals surface area contributed by atoms with Gasteiger partial charge >= 0.3 is 12.1 Å². The zero-order valence-electron chi connectivity index (χ0n) is 20.2. The van der Waals surface area contributed by atoms with Gasteiger partial charge < -0.3 is 25.4 Å². The molecule has 1 unspecified atom stereocenters. The molecule has 35 heavy (non-hydrogen) atoms. The molecule has 8 nitrogen and oxygen atoms in total. The molecule has 2 aromatic carbocycles. The summed E-state index contributed by atoms with van der Waals surface area (Å²) in [4.78, 5) is 37.6. The Morgan fingerprint density at radius 1 is 1.00 bits per heavy atom. The smallest absolute Gasteiger partial charge is 0.407 e. The first kappa shape index (κ1) is 24.7. The quantitative estimate of drug-likeness (QED) is 0.483. The van der Waals surface area contributed by atoms with Gasteiger partial charge in [-0.05, 0) is 61.0 Å². The summed E-state index contributed by atoms with van der Waals surface area (Å²) >= 11 is 0. The first-order valence-electron chi connectivity index (χ1n) is 12.1. The summed E-state index contributed by atoms with van der Waals surface area (Å²) in [5.41, 5.74) is 4.74. The third-order valence-electron chi connectivity index (χ3n) is 6.87. The van der Waals surface area contributed by atoms with Gasteiger partial charge in [-0.3, -0.25) is 4.79 Å². The number of carboxylic acids is 1. The van der Waals surface area contributed by atoms with E-state index < -0.39 is 18.1 Å². The number of ether oxygens (including phenoxy) is 1. The van der Waals surface area contributed by atoms with Crippen LogP contribution in [0.3, 0.4) is 0 Å². The van der Waals surface area contributed by atoms with E-state index >= 15 is 0 Å². The lowest BCUT2D eigenvalue weighted by Crippen LogP contribution is -2.48. The average molecular weight is 480 g/mol. The molecule has 0 aliphatic heterocycles. The standard InChI is InChI=1S/C27H33N3O5/c1-30(2)15-24(26(32)33)29-25(31)13-17-11-18(12-17)14-28-27(34)35-16-23-21-9-5-3-7-19(21)20-8-4-6-10-22(20)23/h3-10,17-18,23-24H,11-16H2,1-2H3,(H,28,34)(H,29,31)(H,32,33). The number of amides is 2. The molecule has 0 aromatic heterocycles. The summed E-state index contributed by atoms with van der Waals surface area (Å²) in [5.74, 6) is -0.747. The zero-order valence-corrected chi connectivity index (χ0v) is 20.2. The Bertz CT molecular complexity index is 1030. The molecule has 186 valence electrons. The third-order valence-corrected chi connectivity index (χ3v) is 6.87. The molecule has 1 saturated carbocycles. The van der Waals surface area contributed by atoms with Gasteiger partial charge in [0.1, 0.15) is 12.6 Å². The summed E-state index contributed by atoms with van der Waals surface area (Å²) in [5, 5.41) is 14.7. The molecule has 2 aromatic rings. The van der Waals surface area contributed by atoms with Gasteiger partial charge in [0.25, 0.3) is 0 Å². The van der Waals surface area contributed by atoms with Crippen molar-refractivity contribution in [2.75, 3.05) is 33.8 Å². The van der Waals surface area contributed by atoms with Crippen molar-refractivity contribution in [2.45, 2.75) is 31.2 Å². The molecule has 2 aliphatic carbocycles. The lowest BCUT2D eigenvalue weighted by Gasteiger charge is -2.35. The predicted octanol–water partition coefficient (Wildman–Crippen LogP) is 3.07. The van der Waals surface area contributed by atoms with Gasteiger partial charge in [-0.15, -0.1) is 0 Å². The van der Waals surface area contributed by atoms with Crippen LogP contribution in [0.15, 0.2) is 48.5 Å². The van der Waals surface area contributed by atoms with Crippen LogP contribution in [0.2, 0.25) is 0 Å². The second-order valence-electron chi connectivity index (χ2n) is 9.83. The minimum Gasteiger partial charge on any atom is -0.480 e. The normalized spacial score (nSPS) is 19.3. The van der Waals surface area contributed by atoms with E-state index in [1.54, 1.807) is 19.0 Å². The molecular weight excluding hydrogens is 446 g/mol. The molecule has 1 fully saturated rings. The van der Waals surface area contributed by atoms with Crippen molar-refractivity contribution < 1.29 is 24.2 Å². The Kier molecular flexibility index (Phi) is 7.70. The summed E-state index contributed by atoms with van der Waals surface area (Å²) in [6, 6.07) is 15.5. The number of aliphatic carboxylic acids is 1. The van der Waals surface area contributed by atoms with Gasteiger partial charge in [0, 0.05) is 25.4 Å². The summed E-state index contributed by atoms with van der Waals surface area (Å²) in [6.45, 7) is 1.04. The van der Waals surface area contributed by atoms with Crippen LogP contribution in [0.4, 0.5) is 4.79 Å². The maximum absolute atomic E-state index is 12.3. The molecule has 0 spiro atoms. The van der Waals surface area contributed by atoms with Crippen LogP contribution >= 0.6 is 0 Å². The molecule has 2 aliphatic rings. The average Bonchev–Trinajstić information content (AvgIpc) is 3.12. The topological polar surface area (TPSA) is 108 Å². The number of nitrogens with one attached hydrogen (secondary N) is 2. The number of nitrogens with zero attached hydrogens (tertiary/aromatic N) is 1. The molecule has 0 saturated heterocycles. The lowest BCUT2D eigenvalue weighted by molar-refractivity contribution is -0.142. The highest BCUT2D eigenvalue weighted by Crippen LogP contribution is 2.44. The van der Waals surface area contributed by atoms with Crippen molar-refractivity contribution in [3.05, 3.63) is 59.7 Å². The van der Waals surface area contributed by atoms with Crippen molar-refractivity contribution in [3.8, 4) is 11.1 Å². The molecule has 4 rings (SSSR count). The maximum Gasteiger partial charge on any atom is 0.407 e. The van der Waals surface area contributed by atoms with Gasteiger partial charge in [0.15, 0.2) is 0 Å². The minimum atomic E-state index is -1.04. The van der Waals surface area contributed by atoms with Gasteiger partial charge in [-0.25, -0.2) is 9.59 Å². The number of fused-ring (bicyclic) bond motifs is 3. The number of alkyl carbamates (subject to hydrolysis) is 1. The molecule has 8 heteroatoms. The molecule has 0 bridgehead atoms. The highest BCUT2D eigenvalue weighted by molar-refractivity contribution is 5.84. The van der Waals surface area contributed by atoms with E-state index in [4.69, 9.17) is 4.74 Å². The SMILES string of the molecule is CN(C)CC(NC(=O)CC1CC(CNC(=O)OCC2c3ccccc3-c3ccccc32)C1)C(=O)O. The number of rotatable bonds is 10. The van der Waals surface area contributed by atoms with Gasteiger partial charge in [0.2, 0.25) is 5.91 Å². The maximum atomic E-state index is 12.3. The largest absolute Gasteiger partial charge is 0.480 e. The summed E-state index contributed by atoms with van der Waals surface area (Å²) < 4.78 is 5.57. The first-order valence-corrected chi connectivity index (χ1v) is 12.1.